The van der Waals surface area contributed by atoms with Crippen molar-refractivity contribution < 1.29 is 26.7 Å². The van der Waals surface area contributed by atoms with Gasteiger partial charge in [-0.2, -0.15) is 13.2 Å². The molecule has 0 bridgehead atoms. The van der Waals surface area contributed by atoms with Crippen molar-refractivity contribution in [2.75, 3.05) is 0 Å². The van der Waals surface area contributed by atoms with Crippen LogP contribution in [0.15, 0.2) is 36.5 Å². The number of ketones is 1. The highest BCUT2D eigenvalue weighted by atomic mass is 19.4. The van der Waals surface area contributed by atoms with Gasteiger partial charge in [0.2, 0.25) is 0 Å². The standard InChI is InChI=1S/C13H6F5NO/c14-8-5-4-7(9-3-1-2-6-19-9)11(15)10(8)12(20)13(16,17)18/h1-6H. The summed E-state index contributed by atoms with van der Waals surface area (Å²) in [6.45, 7) is 0. The number of halogens is 5. The lowest BCUT2D eigenvalue weighted by molar-refractivity contribution is -0.0890. The Morgan fingerprint density at radius 2 is 1.75 bits per heavy atom. The van der Waals surface area contributed by atoms with Crippen LogP contribution in [-0.4, -0.2) is 16.9 Å². The molecule has 0 spiro atoms. The fraction of sp³-hybridized carbons (Fsp3) is 0.0769. The molecule has 0 saturated heterocycles. The smallest absolute Gasteiger partial charge is 0.284 e. The lowest BCUT2D eigenvalue weighted by atomic mass is 10.0. The normalized spacial score (nSPS) is 11.4. The molecule has 0 atom stereocenters. The van der Waals surface area contributed by atoms with E-state index >= 15 is 0 Å². The summed E-state index contributed by atoms with van der Waals surface area (Å²) in [6, 6.07) is 5.87. The first-order valence-corrected chi connectivity index (χ1v) is 5.33. The highest BCUT2D eigenvalue weighted by molar-refractivity contribution is 6.01. The van der Waals surface area contributed by atoms with Gasteiger partial charge in [0.25, 0.3) is 5.78 Å². The molecular weight excluding hydrogens is 281 g/mol. The Balaban J connectivity index is 2.63. The second-order valence-corrected chi connectivity index (χ2v) is 3.83. The van der Waals surface area contributed by atoms with Gasteiger partial charge in [0.05, 0.1) is 11.3 Å². The van der Waals surface area contributed by atoms with Gasteiger partial charge in [0.1, 0.15) is 11.6 Å². The molecule has 0 aliphatic heterocycles. The van der Waals surface area contributed by atoms with Crippen LogP contribution in [-0.2, 0) is 0 Å². The van der Waals surface area contributed by atoms with E-state index in [-0.39, 0.29) is 11.3 Å². The number of carbonyl (C=O) groups is 1. The lowest BCUT2D eigenvalue weighted by Gasteiger charge is -2.10. The van der Waals surface area contributed by atoms with E-state index in [9.17, 15) is 26.7 Å². The number of hydrogen-bond acceptors (Lipinski definition) is 2. The molecule has 0 unspecified atom stereocenters. The number of pyridine rings is 1. The van der Waals surface area contributed by atoms with Crippen LogP contribution in [0.5, 0.6) is 0 Å². The molecule has 2 aromatic rings. The van der Waals surface area contributed by atoms with Crippen LogP contribution in [0.2, 0.25) is 0 Å². The fourth-order valence-electron chi connectivity index (χ4n) is 1.62. The van der Waals surface area contributed by atoms with Gasteiger partial charge in [0, 0.05) is 11.8 Å². The molecule has 1 aromatic heterocycles. The predicted octanol–water partition coefficient (Wildman–Crippen LogP) is 3.77. The first-order chi connectivity index (χ1) is 9.32. The van der Waals surface area contributed by atoms with Crippen LogP contribution < -0.4 is 0 Å². The summed E-state index contributed by atoms with van der Waals surface area (Å²) in [5.41, 5.74) is -2.00. The van der Waals surface area contributed by atoms with Gasteiger partial charge in [-0.25, -0.2) is 8.78 Å². The molecule has 0 N–H and O–H groups in total. The largest absolute Gasteiger partial charge is 0.455 e. The lowest BCUT2D eigenvalue weighted by Crippen LogP contribution is -2.25. The zero-order valence-electron chi connectivity index (χ0n) is 9.71. The van der Waals surface area contributed by atoms with Crippen LogP contribution in [0, 0.1) is 11.6 Å². The van der Waals surface area contributed by atoms with Gasteiger partial charge in [-0.15, -0.1) is 0 Å². The molecule has 0 fully saturated rings. The second-order valence-electron chi connectivity index (χ2n) is 3.83. The van der Waals surface area contributed by atoms with E-state index in [0.717, 1.165) is 6.07 Å². The minimum Gasteiger partial charge on any atom is -0.284 e. The van der Waals surface area contributed by atoms with E-state index in [1.165, 1.54) is 24.4 Å². The molecule has 7 heteroatoms. The molecule has 2 nitrogen and oxygen atoms in total. The van der Waals surface area contributed by atoms with Crippen LogP contribution in [0.1, 0.15) is 10.4 Å². The highest BCUT2D eigenvalue weighted by Gasteiger charge is 2.42. The van der Waals surface area contributed by atoms with Gasteiger partial charge >= 0.3 is 6.18 Å². The monoisotopic (exact) mass is 287 g/mol. The Labute approximate surface area is 109 Å². The van der Waals surface area contributed by atoms with Crippen LogP contribution in [0.4, 0.5) is 22.0 Å². The van der Waals surface area contributed by atoms with Crippen molar-refractivity contribution in [1.29, 1.82) is 0 Å². The molecule has 0 radical (unpaired) electrons. The first kappa shape index (κ1) is 14.1. The summed E-state index contributed by atoms with van der Waals surface area (Å²) in [7, 11) is 0. The SMILES string of the molecule is O=C(c1c(F)ccc(-c2ccccn2)c1F)C(F)(F)F. The molecule has 0 amide bonds. The molecule has 20 heavy (non-hydrogen) atoms. The Morgan fingerprint density at radius 3 is 2.30 bits per heavy atom. The van der Waals surface area contributed by atoms with E-state index in [2.05, 4.69) is 4.98 Å². The number of Topliss-reactive ketones (excluding diaryl/α,β-unsaturated/α-hetero) is 1. The Bertz CT molecular complexity index is 652. The topological polar surface area (TPSA) is 30.0 Å². The Hall–Kier alpha value is -2.31. The van der Waals surface area contributed by atoms with Gasteiger partial charge in [-0.1, -0.05) is 6.07 Å². The zero-order chi connectivity index (χ0) is 14.9. The molecule has 0 aliphatic rings. The molecule has 0 saturated carbocycles. The van der Waals surface area contributed by atoms with Gasteiger partial charge in [0.15, 0.2) is 0 Å². The summed E-state index contributed by atoms with van der Waals surface area (Å²) in [5, 5.41) is 0. The quantitative estimate of drug-likeness (QED) is 0.621. The van der Waals surface area contributed by atoms with Crippen molar-refractivity contribution in [3.05, 3.63) is 53.7 Å². The third-order valence-corrected chi connectivity index (χ3v) is 2.52. The number of hydrogen-bond donors (Lipinski definition) is 0. The van der Waals surface area contributed by atoms with Crippen LogP contribution >= 0.6 is 0 Å². The van der Waals surface area contributed by atoms with E-state index in [0.29, 0.717) is 6.07 Å². The predicted molar refractivity (Wildman–Crippen MR) is 60.0 cm³/mol. The maximum Gasteiger partial charge on any atom is 0.455 e. The number of rotatable bonds is 2. The number of nitrogens with zero attached hydrogens (tertiary/aromatic N) is 1. The minimum absolute atomic E-state index is 0.00113. The van der Waals surface area contributed by atoms with Gasteiger partial charge in [-0.05, 0) is 24.3 Å². The summed E-state index contributed by atoms with van der Waals surface area (Å²) in [5.74, 6) is -5.71. The van der Waals surface area contributed by atoms with Crippen molar-refractivity contribution in [3.8, 4) is 11.3 Å². The fourth-order valence-corrected chi connectivity index (χ4v) is 1.62. The number of alkyl halides is 3. The zero-order valence-corrected chi connectivity index (χ0v) is 9.71. The maximum absolute atomic E-state index is 14.0. The Morgan fingerprint density at radius 1 is 1.05 bits per heavy atom. The van der Waals surface area contributed by atoms with E-state index < -0.39 is 29.2 Å². The third-order valence-electron chi connectivity index (χ3n) is 2.52. The average molecular weight is 287 g/mol. The highest BCUT2D eigenvalue weighted by Crippen LogP contribution is 2.30. The van der Waals surface area contributed by atoms with Crippen LogP contribution in [0.3, 0.4) is 0 Å². The van der Waals surface area contributed by atoms with Gasteiger partial charge < -0.3 is 0 Å². The van der Waals surface area contributed by atoms with E-state index in [4.69, 9.17) is 0 Å². The molecular formula is C13H6F5NO. The van der Waals surface area contributed by atoms with Crippen molar-refractivity contribution in [2.24, 2.45) is 0 Å². The molecule has 104 valence electrons. The Kier molecular flexibility index (Phi) is 3.52. The van der Waals surface area contributed by atoms with Crippen molar-refractivity contribution in [2.45, 2.75) is 6.18 Å². The van der Waals surface area contributed by atoms with Crippen molar-refractivity contribution in [1.82, 2.24) is 4.98 Å². The van der Waals surface area contributed by atoms with Crippen molar-refractivity contribution >= 4 is 5.78 Å². The number of carbonyl (C=O) groups excluding carboxylic acids is 1. The first-order valence-electron chi connectivity index (χ1n) is 5.33. The summed E-state index contributed by atoms with van der Waals surface area (Å²) < 4.78 is 64.3. The molecule has 2 rings (SSSR count). The molecule has 0 aliphatic carbocycles. The number of benzene rings is 1. The second kappa shape index (κ2) is 4.99. The van der Waals surface area contributed by atoms with Gasteiger partial charge in [-0.3, -0.25) is 9.78 Å². The van der Waals surface area contributed by atoms with Crippen LogP contribution in [0.25, 0.3) is 11.3 Å². The molecule has 1 heterocycles. The maximum atomic E-state index is 14.0. The van der Waals surface area contributed by atoms with Crippen molar-refractivity contribution in [3.63, 3.8) is 0 Å². The molecule has 1 aromatic carbocycles. The summed E-state index contributed by atoms with van der Waals surface area (Å²) in [4.78, 5) is 14.8. The van der Waals surface area contributed by atoms with E-state index in [1.54, 1.807) is 0 Å². The summed E-state index contributed by atoms with van der Waals surface area (Å²) in [6.07, 6.45) is -4.06. The number of aromatic nitrogens is 1. The third kappa shape index (κ3) is 2.52. The minimum atomic E-state index is -5.36. The van der Waals surface area contributed by atoms with E-state index in [1.807, 2.05) is 0 Å². The summed E-state index contributed by atoms with van der Waals surface area (Å²) >= 11 is 0. The average Bonchev–Trinajstić information content (AvgIpc) is 2.38.